The van der Waals surface area contributed by atoms with Gasteiger partial charge in [0.1, 0.15) is 0 Å². The maximum Gasteiger partial charge on any atom is 0.225 e. The van der Waals surface area contributed by atoms with E-state index in [4.69, 9.17) is 29.5 Å². The predicted octanol–water partition coefficient (Wildman–Crippen LogP) is 2.25. The van der Waals surface area contributed by atoms with Crippen molar-refractivity contribution < 1.29 is 18.9 Å². The quantitative estimate of drug-likeness (QED) is 0.698. The third-order valence-corrected chi connectivity index (χ3v) is 3.83. The van der Waals surface area contributed by atoms with E-state index < -0.39 is 11.6 Å². The van der Waals surface area contributed by atoms with E-state index in [1.165, 1.54) is 0 Å². The number of rotatable bonds is 6. The van der Waals surface area contributed by atoms with Gasteiger partial charge in [-0.2, -0.15) is 10.5 Å². The summed E-state index contributed by atoms with van der Waals surface area (Å²) in [4.78, 5) is 0. The predicted molar refractivity (Wildman–Crippen MR) is 72.8 cm³/mol. The Morgan fingerprint density at radius 3 is 1.86 bits per heavy atom. The van der Waals surface area contributed by atoms with Crippen LogP contribution in [0.5, 0.6) is 0 Å². The molecule has 2 fully saturated rings. The Morgan fingerprint density at radius 2 is 1.43 bits per heavy atom. The Hall–Kier alpha value is -1.18. The van der Waals surface area contributed by atoms with Gasteiger partial charge >= 0.3 is 0 Å². The van der Waals surface area contributed by atoms with Crippen molar-refractivity contribution in [1.82, 2.24) is 0 Å². The SMILES string of the molecule is CC1COC(CCC#N)(C2(CCCC#N)OCC(C)O2)O1. The third-order valence-electron chi connectivity index (χ3n) is 3.83. The average molecular weight is 294 g/mol. The van der Waals surface area contributed by atoms with Gasteiger partial charge in [-0.05, 0) is 20.3 Å². The van der Waals surface area contributed by atoms with Crippen molar-refractivity contribution in [1.29, 1.82) is 10.5 Å². The van der Waals surface area contributed by atoms with Crippen LogP contribution in [0.25, 0.3) is 0 Å². The maximum absolute atomic E-state index is 8.91. The highest BCUT2D eigenvalue weighted by Crippen LogP contribution is 2.47. The number of hydrogen-bond donors (Lipinski definition) is 0. The summed E-state index contributed by atoms with van der Waals surface area (Å²) in [7, 11) is 0. The van der Waals surface area contributed by atoms with Gasteiger partial charge in [0, 0.05) is 25.7 Å². The van der Waals surface area contributed by atoms with Crippen molar-refractivity contribution >= 4 is 0 Å². The number of unbranched alkanes of at least 4 members (excludes halogenated alkanes) is 1. The molecule has 0 saturated carbocycles. The summed E-state index contributed by atoms with van der Waals surface area (Å²) in [5.74, 6) is -2.08. The summed E-state index contributed by atoms with van der Waals surface area (Å²) in [5, 5.41) is 17.7. The molecule has 21 heavy (non-hydrogen) atoms. The summed E-state index contributed by atoms with van der Waals surface area (Å²) in [6.07, 6.45) is 2.14. The second-order valence-corrected chi connectivity index (χ2v) is 5.65. The Balaban J connectivity index is 2.23. The Bertz CT molecular complexity index is 444. The zero-order chi connectivity index (χ0) is 15.3. The van der Waals surface area contributed by atoms with E-state index in [-0.39, 0.29) is 12.2 Å². The van der Waals surface area contributed by atoms with E-state index >= 15 is 0 Å². The molecular formula is C15H22N2O4. The molecule has 0 aromatic rings. The summed E-state index contributed by atoms with van der Waals surface area (Å²) in [5.41, 5.74) is 0. The molecule has 0 amide bonds. The van der Waals surface area contributed by atoms with Crippen LogP contribution in [0.3, 0.4) is 0 Å². The van der Waals surface area contributed by atoms with Crippen molar-refractivity contribution in [2.75, 3.05) is 13.2 Å². The van der Waals surface area contributed by atoms with Crippen LogP contribution in [-0.2, 0) is 18.9 Å². The van der Waals surface area contributed by atoms with E-state index in [0.29, 0.717) is 45.3 Å². The fourth-order valence-corrected chi connectivity index (χ4v) is 2.95. The van der Waals surface area contributed by atoms with Crippen LogP contribution in [-0.4, -0.2) is 37.0 Å². The second kappa shape index (κ2) is 6.72. The molecular weight excluding hydrogens is 272 g/mol. The van der Waals surface area contributed by atoms with Gasteiger partial charge in [-0.25, -0.2) is 0 Å². The summed E-state index contributed by atoms with van der Waals surface area (Å²) >= 11 is 0. The lowest BCUT2D eigenvalue weighted by molar-refractivity contribution is -0.357. The Morgan fingerprint density at radius 1 is 0.905 bits per heavy atom. The molecule has 6 nitrogen and oxygen atoms in total. The van der Waals surface area contributed by atoms with Crippen molar-refractivity contribution in [3.63, 3.8) is 0 Å². The van der Waals surface area contributed by atoms with Crippen LogP contribution in [0.2, 0.25) is 0 Å². The standard InChI is InChI=1S/C15H22N2O4/c1-12-10-18-14(20-12,6-3-4-8-16)15(7-5-9-17)19-11-13(2)21-15/h12-13H,3-7,10-11H2,1-2H3. The highest BCUT2D eigenvalue weighted by molar-refractivity contribution is 4.98. The van der Waals surface area contributed by atoms with Crippen molar-refractivity contribution in [2.24, 2.45) is 0 Å². The first-order valence-electron chi connectivity index (χ1n) is 7.45. The smallest absolute Gasteiger partial charge is 0.225 e. The van der Waals surface area contributed by atoms with Gasteiger partial charge in [0.25, 0.3) is 0 Å². The van der Waals surface area contributed by atoms with E-state index in [9.17, 15) is 0 Å². The minimum Gasteiger partial charge on any atom is -0.343 e. The van der Waals surface area contributed by atoms with Crippen LogP contribution < -0.4 is 0 Å². The minimum atomic E-state index is -1.05. The number of nitriles is 2. The van der Waals surface area contributed by atoms with Gasteiger partial charge in [0.15, 0.2) is 0 Å². The molecule has 2 heterocycles. The maximum atomic E-state index is 8.91. The molecule has 6 heteroatoms. The van der Waals surface area contributed by atoms with E-state index in [2.05, 4.69) is 12.1 Å². The zero-order valence-corrected chi connectivity index (χ0v) is 12.6. The molecule has 4 atom stereocenters. The van der Waals surface area contributed by atoms with Crippen LogP contribution in [0.4, 0.5) is 0 Å². The monoisotopic (exact) mass is 294 g/mol. The first-order chi connectivity index (χ1) is 10.1. The molecule has 0 aromatic heterocycles. The van der Waals surface area contributed by atoms with Gasteiger partial charge < -0.3 is 18.9 Å². The Labute approximate surface area is 125 Å². The molecule has 0 spiro atoms. The van der Waals surface area contributed by atoms with Crippen molar-refractivity contribution in [2.45, 2.75) is 69.7 Å². The topological polar surface area (TPSA) is 84.5 Å². The second-order valence-electron chi connectivity index (χ2n) is 5.65. The van der Waals surface area contributed by atoms with E-state index in [1.807, 2.05) is 13.8 Å². The Kier molecular flexibility index (Phi) is 5.18. The van der Waals surface area contributed by atoms with Crippen LogP contribution in [0.15, 0.2) is 0 Å². The fourth-order valence-electron chi connectivity index (χ4n) is 2.95. The van der Waals surface area contributed by atoms with Gasteiger partial charge in [-0.3, -0.25) is 0 Å². The molecule has 116 valence electrons. The molecule has 0 bridgehead atoms. The summed E-state index contributed by atoms with van der Waals surface area (Å²) < 4.78 is 23.9. The third kappa shape index (κ3) is 3.20. The van der Waals surface area contributed by atoms with Crippen molar-refractivity contribution in [3.8, 4) is 12.1 Å². The lowest BCUT2D eigenvalue weighted by atomic mass is 9.94. The van der Waals surface area contributed by atoms with Crippen LogP contribution in [0, 0.1) is 22.7 Å². The molecule has 2 rings (SSSR count). The highest BCUT2D eigenvalue weighted by Gasteiger charge is 2.62. The summed E-state index contributed by atoms with van der Waals surface area (Å²) in [6.45, 7) is 4.77. The normalized spacial score (nSPS) is 39.0. The fraction of sp³-hybridized carbons (Fsp3) is 0.867. The molecule has 0 radical (unpaired) electrons. The molecule has 2 aliphatic rings. The van der Waals surface area contributed by atoms with Gasteiger partial charge in [-0.1, -0.05) is 0 Å². The molecule has 2 aliphatic heterocycles. The average Bonchev–Trinajstić information content (AvgIpc) is 3.03. The first kappa shape index (κ1) is 16.2. The molecule has 0 aromatic carbocycles. The van der Waals surface area contributed by atoms with Crippen molar-refractivity contribution in [3.05, 3.63) is 0 Å². The van der Waals surface area contributed by atoms with E-state index in [0.717, 1.165) is 0 Å². The van der Waals surface area contributed by atoms with Crippen LogP contribution in [0.1, 0.15) is 46.0 Å². The first-order valence-corrected chi connectivity index (χ1v) is 7.45. The lowest BCUT2D eigenvalue weighted by Crippen LogP contribution is -2.56. The number of hydrogen-bond acceptors (Lipinski definition) is 6. The molecule has 0 N–H and O–H groups in total. The lowest BCUT2D eigenvalue weighted by Gasteiger charge is -2.42. The molecule has 2 saturated heterocycles. The number of nitrogens with zero attached hydrogens (tertiary/aromatic N) is 2. The zero-order valence-electron chi connectivity index (χ0n) is 12.6. The van der Waals surface area contributed by atoms with Gasteiger partial charge in [-0.15, -0.1) is 0 Å². The van der Waals surface area contributed by atoms with Crippen LogP contribution >= 0.6 is 0 Å². The largest absolute Gasteiger partial charge is 0.343 e. The number of ether oxygens (including phenoxy) is 4. The van der Waals surface area contributed by atoms with Gasteiger partial charge in [0.05, 0.1) is 37.6 Å². The van der Waals surface area contributed by atoms with E-state index in [1.54, 1.807) is 0 Å². The molecule has 4 unspecified atom stereocenters. The molecule has 0 aliphatic carbocycles. The highest BCUT2D eigenvalue weighted by atomic mass is 16.8. The summed E-state index contributed by atoms with van der Waals surface area (Å²) in [6, 6.07) is 4.26. The minimum absolute atomic E-state index is 0.0610. The van der Waals surface area contributed by atoms with Gasteiger partial charge in [0.2, 0.25) is 11.6 Å².